The second-order valence-corrected chi connectivity index (χ2v) is 7.06. The molecule has 1 aliphatic rings. The third kappa shape index (κ3) is 4.61. The molecule has 0 spiro atoms. The predicted molar refractivity (Wildman–Crippen MR) is 98.2 cm³/mol. The molecule has 1 atom stereocenters. The topological polar surface area (TPSA) is 69.0 Å². The van der Waals surface area contributed by atoms with Gasteiger partial charge in [0.15, 0.2) is 5.16 Å². The molecule has 1 fully saturated rings. The van der Waals surface area contributed by atoms with Crippen molar-refractivity contribution in [3.8, 4) is 5.69 Å². The lowest BCUT2D eigenvalue weighted by Crippen LogP contribution is -2.32. The van der Waals surface area contributed by atoms with E-state index in [2.05, 4.69) is 46.7 Å². The van der Waals surface area contributed by atoms with Crippen LogP contribution < -0.4 is 5.32 Å². The molecule has 2 aromatic rings. The number of carbonyl (C=O) groups is 1. The van der Waals surface area contributed by atoms with E-state index in [-0.39, 0.29) is 12.0 Å². The van der Waals surface area contributed by atoms with E-state index < -0.39 is 0 Å². The average Bonchev–Trinajstić information content (AvgIpc) is 3.28. The van der Waals surface area contributed by atoms with Crippen LogP contribution in [0.25, 0.3) is 5.69 Å². The Morgan fingerprint density at radius 3 is 2.84 bits per heavy atom. The van der Waals surface area contributed by atoms with Crippen molar-refractivity contribution in [3.05, 3.63) is 35.7 Å². The van der Waals surface area contributed by atoms with Crippen molar-refractivity contribution in [1.29, 1.82) is 0 Å². The predicted octanol–water partition coefficient (Wildman–Crippen LogP) is 2.53. The van der Waals surface area contributed by atoms with Crippen molar-refractivity contribution in [2.45, 2.75) is 44.4 Å². The minimum atomic E-state index is -0.00552. The van der Waals surface area contributed by atoms with Gasteiger partial charge in [0.05, 0.1) is 11.9 Å². The highest BCUT2D eigenvalue weighted by Gasteiger charge is 2.17. The molecule has 6 nitrogen and oxygen atoms in total. The molecule has 0 bridgehead atoms. The number of nitrogens with one attached hydrogen (secondary N) is 1. The van der Waals surface area contributed by atoms with Crippen LogP contribution in [0.2, 0.25) is 0 Å². The maximum atomic E-state index is 12.1. The normalized spacial score (nSPS) is 17.0. The Balaban J connectivity index is 1.59. The second-order valence-electron chi connectivity index (χ2n) is 6.11. The lowest BCUT2D eigenvalue weighted by atomic mass is 10.1. The molecule has 2 heterocycles. The summed E-state index contributed by atoms with van der Waals surface area (Å²) in [5.41, 5.74) is 2.30. The van der Waals surface area contributed by atoms with Gasteiger partial charge in [0.1, 0.15) is 5.82 Å². The van der Waals surface area contributed by atoms with Crippen molar-refractivity contribution in [1.82, 2.24) is 20.1 Å². The Morgan fingerprint density at radius 1 is 1.36 bits per heavy atom. The minimum Gasteiger partial charge on any atom is -0.376 e. The SMILES string of the molecule is CCc1ccc(-n2c(C)nnc2SCC(=O)NC[C@H]2CCCO2)cc1. The molecule has 0 aliphatic carbocycles. The highest BCUT2D eigenvalue weighted by molar-refractivity contribution is 7.99. The number of ether oxygens (including phenoxy) is 1. The number of rotatable bonds is 7. The molecule has 7 heteroatoms. The molecule has 25 heavy (non-hydrogen) atoms. The number of aromatic nitrogens is 3. The number of aryl methyl sites for hydroxylation is 2. The van der Waals surface area contributed by atoms with E-state index in [0.717, 1.165) is 42.5 Å². The lowest BCUT2D eigenvalue weighted by Gasteiger charge is -2.11. The van der Waals surface area contributed by atoms with Gasteiger partial charge in [0.2, 0.25) is 5.91 Å². The molecule has 1 aromatic carbocycles. The van der Waals surface area contributed by atoms with Gasteiger partial charge in [-0.05, 0) is 43.9 Å². The van der Waals surface area contributed by atoms with Gasteiger partial charge in [0, 0.05) is 18.8 Å². The van der Waals surface area contributed by atoms with Gasteiger partial charge in [-0.2, -0.15) is 0 Å². The zero-order valence-electron chi connectivity index (χ0n) is 14.7. The van der Waals surface area contributed by atoms with E-state index in [1.165, 1.54) is 17.3 Å². The van der Waals surface area contributed by atoms with Crippen LogP contribution in [-0.2, 0) is 16.0 Å². The van der Waals surface area contributed by atoms with Gasteiger partial charge in [-0.1, -0.05) is 30.8 Å². The van der Waals surface area contributed by atoms with Crippen LogP contribution in [0.4, 0.5) is 0 Å². The number of thioether (sulfide) groups is 1. The number of nitrogens with zero attached hydrogens (tertiary/aromatic N) is 3. The maximum absolute atomic E-state index is 12.1. The monoisotopic (exact) mass is 360 g/mol. The number of hydrogen-bond acceptors (Lipinski definition) is 5. The molecular weight excluding hydrogens is 336 g/mol. The summed E-state index contributed by atoms with van der Waals surface area (Å²) in [6.45, 7) is 5.44. The van der Waals surface area contributed by atoms with Crippen LogP contribution >= 0.6 is 11.8 Å². The first-order valence-electron chi connectivity index (χ1n) is 8.69. The van der Waals surface area contributed by atoms with E-state index in [0.29, 0.717) is 12.3 Å². The maximum Gasteiger partial charge on any atom is 0.230 e. The Hall–Kier alpha value is -1.86. The second kappa shape index (κ2) is 8.49. The summed E-state index contributed by atoms with van der Waals surface area (Å²) in [5.74, 6) is 1.12. The van der Waals surface area contributed by atoms with Crippen molar-refractivity contribution < 1.29 is 9.53 Å². The molecule has 0 unspecified atom stereocenters. The molecule has 3 rings (SSSR count). The smallest absolute Gasteiger partial charge is 0.230 e. The molecule has 1 aromatic heterocycles. The van der Waals surface area contributed by atoms with E-state index in [1.54, 1.807) is 0 Å². The van der Waals surface area contributed by atoms with Crippen LogP contribution in [0.5, 0.6) is 0 Å². The first-order chi connectivity index (χ1) is 12.2. The fraction of sp³-hybridized carbons (Fsp3) is 0.500. The van der Waals surface area contributed by atoms with E-state index in [4.69, 9.17) is 4.74 Å². The standard InChI is InChI=1S/C18H24N4O2S/c1-3-14-6-8-15(9-7-14)22-13(2)20-21-18(22)25-12-17(23)19-11-16-5-4-10-24-16/h6-9,16H,3-5,10-12H2,1-2H3,(H,19,23)/t16-/m1/s1. The molecule has 0 saturated carbocycles. The Labute approximate surface area is 152 Å². The summed E-state index contributed by atoms with van der Waals surface area (Å²) in [7, 11) is 0. The van der Waals surface area contributed by atoms with Crippen LogP contribution in [0.15, 0.2) is 29.4 Å². The molecule has 0 radical (unpaired) electrons. The van der Waals surface area contributed by atoms with E-state index in [9.17, 15) is 4.79 Å². The Kier molecular flexibility index (Phi) is 6.09. The van der Waals surface area contributed by atoms with Gasteiger partial charge in [-0.15, -0.1) is 10.2 Å². The first-order valence-corrected chi connectivity index (χ1v) is 9.68. The highest BCUT2D eigenvalue weighted by Crippen LogP contribution is 2.22. The molecule has 1 N–H and O–H groups in total. The van der Waals surface area contributed by atoms with Crippen molar-refractivity contribution in [3.63, 3.8) is 0 Å². The molecule has 1 aliphatic heterocycles. The van der Waals surface area contributed by atoms with Crippen LogP contribution in [0.3, 0.4) is 0 Å². The Bertz CT molecular complexity index is 708. The zero-order valence-corrected chi connectivity index (χ0v) is 15.5. The fourth-order valence-electron chi connectivity index (χ4n) is 2.83. The van der Waals surface area contributed by atoms with Crippen LogP contribution in [0.1, 0.15) is 31.2 Å². The summed E-state index contributed by atoms with van der Waals surface area (Å²) < 4.78 is 7.50. The molecule has 134 valence electrons. The summed E-state index contributed by atoms with van der Waals surface area (Å²) in [4.78, 5) is 12.1. The third-order valence-electron chi connectivity index (χ3n) is 4.28. The summed E-state index contributed by atoms with van der Waals surface area (Å²) >= 11 is 1.40. The molecule has 1 saturated heterocycles. The number of benzene rings is 1. The average molecular weight is 360 g/mol. The highest BCUT2D eigenvalue weighted by atomic mass is 32.2. The largest absolute Gasteiger partial charge is 0.376 e. The first kappa shape index (κ1) is 17.9. The minimum absolute atomic E-state index is 0.00552. The Morgan fingerprint density at radius 2 is 2.16 bits per heavy atom. The van der Waals surface area contributed by atoms with Gasteiger partial charge < -0.3 is 10.1 Å². The van der Waals surface area contributed by atoms with Gasteiger partial charge in [-0.25, -0.2) is 0 Å². The van der Waals surface area contributed by atoms with Crippen molar-refractivity contribution >= 4 is 17.7 Å². The number of amides is 1. The number of hydrogen-bond donors (Lipinski definition) is 1. The quantitative estimate of drug-likeness (QED) is 0.769. The summed E-state index contributed by atoms with van der Waals surface area (Å²) in [6.07, 6.45) is 3.27. The summed E-state index contributed by atoms with van der Waals surface area (Å²) in [5, 5.41) is 12.0. The fourth-order valence-corrected chi connectivity index (χ4v) is 3.66. The van der Waals surface area contributed by atoms with Gasteiger partial charge in [0.25, 0.3) is 0 Å². The van der Waals surface area contributed by atoms with Gasteiger partial charge >= 0.3 is 0 Å². The zero-order chi connectivity index (χ0) is 17.6. The third-order valence-corrected chi connectivity index (χ3v) is 5.21. The van der Waals surface area contributed by atoms with E-state index in [1.807, 2.05) is 11.5 Å². The van der Waals surface area contributed by atoms with Crippen molar-refractivity contribution in [2.75, 3.05) is 18.9 Å². The molecule has 1 amide bonds. The van der Waals surface area contributed by atoms with Crippen LogP contribution in [0, 0.1) is 6.92 Å². The summed E-state index contributed by atoms with van der Waals surface area (Å²) in [6, 6.07) is 8.35. The lowest BCUT2D eigenvalue weighted by molar-refractivity contribution is -0.119. The molecular formula is C18H24N4O2S. The van der Waals surface area contributed by atoms with E-state index >= 15 is 0 Å². The number of carbonyl (C=O) groups excluding carboxylic acids is 1. The van der Waals surface area contributed by atoms with Crippen molar-refractivity contribution in [2.24, 2.45) is 0 Å². The van der Waals surface area contributed by atoms with Gasteiger partial charge in [-0.3, -0.25) is 9.36 Å². The van der Waals surface area contributed by atoms with Crippen LogP contribution in [-0.4, -0.2) is 45.7 Å².